The Hall–Kier alpha value is -2.58. The summed E-state index contributed by atoms with van der Waals surface area (Å²) < 4.78 is 22.8. The highest BCUT2D eigenvalue weighted by molar-refractivity contribution is 5.99. The third-order valence-electron chi connectivity index (χ3n) is 4.81. The number of amides is 1. The van der Waals surface area contributed by atoms with Gasteiger partial charge in [-0.1, -0.05) is 48.5 Å². The molecule has 5 atom stereocenters. The number of rotatable bonds is 4. The van der Waals surface area contributed by atoms with Gasteiger partial charge in [-0.25, -0.2) is 0 Å². The summed E-state index contributed by atoms with van der Waals surface area (Å²) in [6.45, 7) is 0.190. The van der Waals surface area contributed by atoms with Gasteiger partial charge >= 0.3 is 0 Å². The smallest absolute Gasteiger partial charge is 0.252 e. The number of Topliss-reactive ketones (excluding diaryl/α,β-unsaturated/α-hetero) is 1. The van der Waals surface area contributed by atoms with Crippen molar-refractivity contribution in [1.29, 1.82) is 0 Å². The summed E-state index contributed by atoms with van der Waals surface area (Å²) in [5.41, 5.74) is 1.26. The molecule has 2 aliphatic heterocycles. The van der Waals surface area contributed by atoms with Crippen LogP contribution in [0.2, 0.25) is 0 Å². The Bertz CT molecular complexity index is 827. The second kappa shape index (κ2) is 8.20. The predicted octanol–water partition coefficient (Wildman–Crippen LogP) is 1.84. The van der Waals surface area contributed by atoms with Crippen LogP contribution >= 0.6 is 0 Å². The Morgan fingerprint density at radius 1 is 1.04 bits per heavy atom. The summed E-state index contributed by atoms with van der Waals surface area (Å²) in [5.74, 6) is -0.675. The van der Waals surface area contributed by atoms with Gasteiger partial charge in [-0.05, 0) is 12.1 Å². The van der Waals surface area contributed by atoms with Crippen LogP contribution in [0.15, 0.2) is 60.7 Å². The van der Waals surface area contributed by atoms with Crippen LogP contribution < -0.4 is 5.32 Å². The SMILES string of the molecule is CO[C@H]1O[C@H]2CO[C@H](c3ccccc3)O[C@@H]2C(=O)[C@@H]1NC(=O)c1ccccc1. The topological polar surface area (TPSA) is 83.1 Å². The first-order valence-electron chi connectivity index (χ1n) is 9.07. The van der Waals surface area contributed by atoms with Gasteiger partial charge in [0.2, 0.25) is 0 Å². The van der Waals surface area contributed by atoms with Crippen LogP contribution in [0.4, 0.5) is 0 Å². The molecule has 4 rings (SSSR count). The van der Waals surface area contributed by atoms with E-state index in [4.69, 9.17) is 18.9 Å². The Kier molecular flexibility index (Phi) is 5.50. The average molecular weight is 383 g/mol. The van der Waals surface area contributed by atoms with E-state index in [0.29, 0.717) is 5.56 Å². The molecular formula is C21H21NO6. The highest BCUT2D eigenvalue weighted by Crippen LogP contribution is 2.32. The van der Waals surface area contributed by atoms with Gasteiger partial charge in [0.1, 0.15) is 18.2 Å². The molecule has 2 heterocycles. The molecule has 28 heavy (non-hydrogen) atoms. The van der Waals surface area contributed by atoms with Crippen LogP contribution in [0.1, 0.15) is 22.2 Å². The maximum Gasteiger partial charge on any atom is 0.252 e. The summed E-state index contributed by atoms with van der Waals surface area (Å²) in [6, 6.07) is 17.1. The normalized spacial score (nSPS) is 29.8. The highest BCUT2D eigenvalue weighted by Gasteiger charge is 2.50. The molecule has 2 saturated heterocycles. The van der Waals surface area contributed by atoms with E-state index in [2.05, 4.69) is 5.32 Å². The quantitative estimate of drug-likeness (QED) is 0.868. The largest absolute Gasteiger partial charge is 0.353 e. The minimum atomic E-state index is -0.978. The van der Waals surface area contributed by atoms with Gasteiger partial charge in [-0.15, -0.1) is 0 Å². The van der Waals surface area contributed by atoms with Crippen LogP contribution in [0, 0.1) is 0 Å². The number of hydrogen-bond acceptors (Lipinski definition) is 6. The number of ketones is 1. The van der Waals surface area contributed by atoms with Gasteiger partial charge in [0, 0.05) is 18.2 Å². The maximum absolute atomic E-state index is 13.1. The summed E-state index contributed by atoms with van der Waals surface area (Å²) in [7, 11) is 1.43. The van der Waals surface area contributed by atoms with Gasteiger partial charge in [-0.2, -0.15) is 0 Å². The van der Waals surface area contributed by atoms with Crippen molar-refractivity contribution in [3.05, 3.63) is 71.8 Å². The van der Waals surface area contributed by atoms with E-state index < -0.39 is 30.8 Å². The maximum atomic E-state index is 13.1. The molecule has 7 heteroatoms. The fraction of sp³-hybridized carbons (Fsp3) is 0.333. The zero-order chi connectivity index (χ0) is 19.5. The Morgan fingerprint density at radius 3 is 2.39 bits per heavy atom. The first-order chi connectivity index (χ1) is 13.7. The van der Waals surface area contributed by atoms with Gasteiger partial charge in [0.15, 0.2) is 18.4 Å². The number of benzene rings is 2. The number of nitrogens with one attached hydrogen (secondary N) is 1. The molecule has 7 nitrogen and oxygen atoms in total. The fourth-order valence-electron chi connectivity index (χ4n) is 3.38. The van der Waals surface area contributed by atoms with Crippen molar-refractivity contribution in [2.45, 2.75) is 30.8 Å². The molecule has 2 aromatic carbocycles. The number of carbonyl (C=O) groups excluding carboxylic acids is 2. The Morgan fingerprint density at radius 2 is 1.71 bits per heavy atom. The zero-order valence-electron chi connectivity index (χ0n) is 15.3. The van der Waals surface area contributed by atoms with Crippen LogP contribution in [-0.4, -0.2) is 49.9 Å². The average Bonchev–Trinajstić information content (AvgIpc) is 2.76. The molecule has 0 bridgehead atoms. The third kappa shape index (κ3) is 3.70. The molecule has 1 N–H and O–H groups in total. The molecule has 2 aliphatic rings. The van der Waals surface area contributed by atoms with Crippen LogP contribution in [0.25, 0.3) is 0 Å². The molecular weight excluding hydrogens is 362 g/mol. The van der Waals surface area contributed by atoms with Gasteiger partial charge in [0.25, 0.3) is 5.91 Å². The van der Waals surface area contributed by atoms with Crippen LogP contribution in [-0.2, 0) is 23.7 Å². The second-order valence-corrected chi connectivity index (χ2v) is 6.63. The molecule has 0 aromatic heterocycles. The lowest BCUT2D eigenvalue weighted by Crippen LogP contribution is -2.64. The molecule has 0 spiro atoms. The molecule has 0 aliphatic carbocycles. The van der Waals surface area contributed by atoms with E-state index in [-0.39, 0.29) is 18.3 Å². The van der Waals surface area contributed by atoms with E-state index in [0.717, 1.165) is 5.56 Å². The van der Waals surface area contributed by atoms with E-state index >= 15 is 0 Å². The number of hydrogen-bond donors (Lipinski definition) is 1. The van der Waals surface area contributed by atoms with Crippen molar-refractivity contribution in [1.82, 2.24) is 5.32 Å². The molecule has 2 fully saturated rings. The summed E-state index contributed by atoms with van der Waals surface area (Å²) in [5, 5.41) is 2.71. The molecule has 1 amide bonds. The first-order valence-corrected chi connectivity index (χ1v) is 9.07. The van der Waals surface area contributed by atoms with E-state index in [1.807, 2.05) is 36.4 Å². The first kappa shape index (κ1) is 18.8. The minimum absolute atomic E-state index is 0.190. The fourth-order valence-corrected chi connectivity index (χ4v) is 3.38. The van der Waals surface area contributed by atoms with Crippen LogP contribution in [0.3, 0.4) is 0 Å². The number of carbonyl (C=O) groups is 2. The minimum Gasteiger partial charge on any atom is -0.353 e. The molecule has 0 saturated carbocycles. The highest BCUT2D eigenvalue weighted by atomic mass is 16.7. The van der Waals surface area contributed by atoms with Crippen molar-refractivity contribution >= 4 is 11.7 Å². The van der Waals surface area contributed by atoms with Crippen molar-refractivity contribution in [3.63, 3.8) is 0 Å². The number of ether oxygens (including phenoxy) is 4. The van der Waals surface area contributed by atoms with Gasteiger partial charge in [0.05, 0.1) is 6.61 Å². The summed E-state index contributed by atoms with van der Waals surface area (Å²) in [6.07, 6.45) is -3.03. The van der Waals surface area contributed by atoms with Gasteiger partial charge in [-0.3, -0.25) is 9.59 Å². The Balaban J connectivity index is 1.51. The standard InChI is InChI=1S/C21H21NO6/c1-25-21-16(22-19(24)13-8-4-2-5-9-13)17(23)18-15(27-21)12-26-20(28-18)14-10-6-3-7-11-14/h2-11,15-16,18,20-21H,12H2,1H3,(H,22,24)/t15-,16-,18-,20-,21-/m0/s1. The third-order valence-corrected chi connectivity index (χ3v) is 4.81. The summed E-state index contributed by atoms with van der Waals surface area (Å²) in [4.78, 5) is 25.6. The zero-order valence-corrected chi connectivity index (χ0v) is 15.3. The summed E-state index contributed by atoms with van der Waals surface area (Å²) >= 11 is 0. The molecule has 146 valence electrons. The molecule has 0 radical (unpaired) electrons. The number of fused-ring (bicyclic) bond motifs is 1. The lowest BCUT2D eigenvalue weighted by molar-refractivity contribution is -0.302. The lowest BCUT2D eigenvalue weighted by atomic mass is 9.97. The van der Waals surface area contributed by atoms with Crippen molar-refractivity contribution in [2.24, 2.45) is 0 Å². The van der Waals surface area contributed by atoms with Crippen LogP contribution in [0.5, 0.6) is 0 Å². The van der Waals surface area contributed by atoms with Crippen molar-refractivity contribution in [3.8, 4) is 0 Å². The van der Waals surface area contributed by atoms with Crippen molar-refractivity contribution in [2.75, 3.05) is 13.7 Å². The molecule has 0 unspecified atom stereocenters. The predicted molar refractivity (Wildman–Crippen MR) is 98.4 cm³/mol. The van der Waals surface area contributed by atoms with Crippen molar-refractivity contribution < 1.29 is 28.5 Å². The van der Waals surface area contributed by atoms with E-state index in [1.54, 1.807) is 24.3 Å². The van der Waals surface area contributed by atoms with E-state index in [1.165, 1.54) is 7.11 Å². The monoisotopic (exact) mass is 383 g/mol. The second-order valence-electron chi connectivity index (χ2n) is 6.63. The molecule has 2 aromatic rings. The van der Waals surface area contributed by atoms with E-state index in [9.17, 15) is 9.59 Å². The number of methoxy groups -OCH3 is 1. The van der Waals surface area contributed by atoms with Gasteiger partial charge < -0.3 is 24.3 Å². The Labute approximate surface area is 162 Å². The lowest BCUT2D eigenvalue weighted by Gasteiger charge is -2.43.